The maximum Gasteiger partial charge on any atom is 0.253 e. The lowest BCUT2D eigenvalue weighted by molar-refractivity contribution is -0.117. The highest BCUT2D eigenvalue weighted by Gasteiger charge is 2.30. The summed E-state index contributed by atoms with van der Waals surface area (Å²) in [5.41, 5.74) is 4.30. The molecule has 2 aliphatic rings. The molecule has 2 fully saturated rings. The third kappa shape index (κ3) is 4.67. The fraction of sp³-hybridized carbons (Fsp3) is 0.310. The van der Waals surface area contributed by atoms with Crippen LogP contribution in [0, 0.1) is 5.92 Å². The number of hydrogen-bond acceptors (Lipinski definition) is 5. The lowest BCUT2D eigenvalue weighted by Gasteiger charge is -2.32. The first kappa shape index (κ1) is 23.2. The van der Waals surface area contributed by atoms with Gasteiger partial charge in [-0.2, -0.15) is 4.98 Å². The number of ether oxygens (including phenoxy) is 1. The van der Waals surface area contributed by atoms with Crippen molar-refractivity contribution in [2.45, 2.75) is 31.6 Å². The smallest absolute Gasteiger partial charge is 0.253 e. The van der Waals surface area contributed by atoms with Crippen molar-refractivity contribution in [1.29, 1.82) is 0 Å². The highest BCUT2D eigenvalue weighted by atomic mass is 16.5. The zero-order valence-electron chi connectivity index (χ0n) is 20.8. The van der Waals surface area contributed by atoms with Crippen LogP contribution >= 0.6 is 0 Å². The molecule has 2 aromatic heterocycles. The molecule has 8 heteroatoms. The fourth-order valence-corrected chi connectivity index (χ4v) is 5.10. The largest absolute Gasteiger partial charge is 0.496 e. The lowest BCUT2D eigenvalue weighted by Crippen LogP contribution is -2.37. The van der Waals surface area contributed by atoms with Gasteiger partial charge >= 0.3 is 0 Å². The van der Waals surface area contributed by atoms with E-state index in [9.17, 15) is 9.59 Å². The van der Waals surface area contributed by atoms with Gasteiger partial charge in [-0.1, -0.05) is 36.4 Å². The molecule has 2 amide bonds. The minimum Gasteiger partial charge on any atom is -0.496 e. The van der Waals surface area contributed by atoms with Gasteiger partial charge in [0.15, 0.2) is 5.65 Å². The number of piperidine rings is 1. The van der Waals surface area contributed by atoms with Gasteiger partial charge in [-0.15, -0.1) is 5.10 Å². The van der Waals surface area contributed by atoms with Gasteiger partial charge in [0.25, 0.3) is 5.91 Å². The summed E-state index contributed by atoms with van der Waals surface area (Å²) in [6, 6.07) is 21.5. The summed E-state index contributed by atoms with van der Waals surface area (Å²) in [7, 11) is 1.70. The van der Waals surface area contributed by atoms with Crippen LogP contribution in [0.2, 0.25) is 0 Å². The van der Waals surface area contributed by atoms with Crippen molar-refractivity contribution in [1.82, 2.24) is 19.5 Å². The number of fused-ring (bicyclic) bond motifs is 1. The fourth-order valence-electron chi connectivity index (χ4n) is 5.10. The molecule has 37 heavy (non-hydrogen) atoms. The molecular weight excluding hydrogens is 466 g/mol. The minimum absolute atomic E-state index is 0.0211. The number of anilines is 1. The molecule has 1 saturated carbocycles. The molecular formula is C29H29N5O3. The summed E-state index contributed by atoms with van der Waals surface area (Å²) in [4.78, 5) is 31.7. The Hall–Kier alpha value is -4.20. The van der Waals surface area contributed by atoms with Crippen molar-refractivity contribution in [3.63, 3.8) is 0 Å². The third-order valence-electron chi connectivity index (χ3n) is 7.33. The van der Waals surface area contributed by atoms with E-state index in [-0.39, 0.29) is 17.7 Å². The summed E-state index contributed by atoms with van der Waals surface area (Å²) in [6.07, 6.45) is 3.68. The molecule has 8 nitrogen and oxygen atoms in total. The maximum absolute atomic E-state index is 13.2. The second-order valence-electron chi connectivity index (χ2n) is 9.77. The van der Waals surface area contributed by atoms with E-state index in [0.717, 1.165) is 55.8 Å². The van der Waals surface area contributed by atoms with Crippen LogP contribution in [0.25, 0.3) is 16.9 Å². The Kier molecular flexibility index (Phi) is 6.08. The van der Waals surface area contributed by atoms with Gasteiger partial charge in [0.2, 0.25) is 11.9 Å². The molecule has 4 aromatic rings. The van der Waals surface area contributed by atoms with E-state index in [0.29, 0.717) is 23.1 Å². The molecule has 0 bridgehead atoms. The van der Waals surface area contributed by atoms with Crippen LogP contribution in [0.4, 0.5) is 5.95 Å². The van der Waals surface area contributed by atoms with Gasteiger partial charge in [-0.3, -0.25) is 14.9 Å². The van der Waals surface area contributed by atoms with E-state index in [4.69, 9.17) is 4.74 Å². The molecule has 3 heterocycles. The molecule has 0 atom stereocenters. The van der Waals surface area contributed by atoms with E-state index in [2.05, 4.69) is 21.5 Å². The normalized spacial score (nSPS) is 16.1. The number of nitrogens with one attached hydrogen (secondary N) is 1. The van der Waals surface area contributed by atoms with Crippen LogP contribution in [0.5, 0.6) is 5.75 Å². The zero-order chi connectivity index (χ0) is 25.4. The van der Waals surface area contributed by atoms with Crippen LogP contribution in [-0.2, 0) is 4.79 Å². The molecule has 1 aliphatic carbocycles. The first-order valence-electron chi connectivity index (χ1n) is 12.8. The monoisotopic (exact) mass is 495 g/mol. The summed E-state index contributed by atoms with van der Waals surface area (Å²) >= 11 is 0. The van der Waals surface area contributed by atoms with E-state index in [1.54, 1.807) is 11.6 Å². The molecule has 188 valence electrons. The number of amides is 2. The summed E-state index contributed by atoms with van der Waals surface area (Å²) in [6.45, 7) is 1.44. The number of nitrogens with zero attached hydrogens (tertiary/aromatic N) is 4. The highest BCUT2D eigenvalue weighted by Crippen LogP contribution is 2.34. The molecule has 0 spiro atoms. The molecule has 0 radical (unpaired) electrons. The van der Waals surface area contributed by atoms with Crippen LogP contribution in [0.1, 0.15) is 47.5 Å². The first-order valence-corrected chi connectivity index (χ1v) is 12.8. The van der Waals surface area contributed by atoms with Gasteiger partial charge in [0, 0.05) is 30.1 Å². The molecule has 1 saturated heterocycles. The lowest BCUT2D eigenvalue weighted by atomic mass is 9.88. The average molecular weight is 496 g/mol. The van der Waals surface area contributed by atoms with Gasteiger partial charge < -0.3 is 9.64 Å². The summed E-state index contributed by atoms with van der Waals surface area (Å²) in [5, 5.41) is 7.32. The number of para-hydroxylation sites is 1. The second kappa shape index (κ2) is 9.69. The predicted octanol–water partition coefficient (Wildman–Crippen LogP) is 4.77. The van der Waals surface area contributed by atoms with E-state index < -0.39 is 0 Å². The van der Waals surface area contributed by atoms with Gasteiger partial charge in [-0.25, -0.2) is 4.52 Å². The van der Waals surface area contributed by atoms with E-state index >= 15 is 0 Å². The molecule has 6 rings (SSSR count). The number of carbonyl (C=O) groups excluding carboxylic acids is 2. The van der Waals surface area contributed by atoms with Crippen molar-refractivity contribution in [2.75, 3.05) is 25.5 Å². The average Bonchev–Trinajstić information content (AvgIpc) is 3.72. The SMILES string of the molecule is COc1ccccc1C1CCN(C(=O)c2ccc(-c3cccc4nc(NC(=O)C5CC5)nn34)cc2)CC1. The van der Waals surface area contributed by atoms with Crippen LogP contribution < -0.4 is 10.1 Å². The number of pyridine rings is 1. The molecule has 1 aliphatic heterocycles. The Morgan fingerprint density at radius 2 is 1.68 bits per heavy atom. The van der Waals surface area contributed by atoms with Gasteiger partial charge in [-0.05, 0) is 67.5 Å². The number of rotatable bonds is 6. The Balaban J connectivity index is 1.15. The number of aromatic nitrogens is 3. The van der Waals surface area contributed by atoms with Crippen molar-refractivity contribution in [3.8, 4) is 17.0 Å². The maximum atomic E-state index is 13.2. The molecule has 1 N–H and O–H groups in total. The topological polar surface area (TPSA) is 88.8 Å². The standard InChI is InChI=1S/C29H29N5O3/c1-37-25-7-3-2-5-23(25)19-15-17-33(18-16-19)28(36)22-13-9-20(10-14-22)24-6-4-8-26-30-29(32-34(24)26)31-27(35)21-11-12-21/h2-10,13-14,19,21H,11-12,15-18H2,1H3,(H,31,32,35). The Morgan fingerprint density at radius 3 is 2.41 bits per heavy atom. The van der Waals surface area contributed by atoms with Crippen LogP contribution in [-0.4, -0.2) is 51.5 Å². The van der Waals surface area contributed by atoms with Crippen molar-refractivity contribution >= 4 is 23.4 Å². The Bertz CT molecular complexity index is 1450. The summed E-state index contributed by atoms with van der Waals surface area (Å²) in [5.74, 6) is 1.74. The Labute approximate surface area is 215 Å². The Morgan fingerprint density at radius 1 is 0.919 bits per heavy atom. The molecule has 0 unspecified atom stereocenters. The number of hydrogen-bond donors (Lipinski definition) is 1. The zero-order valence-corrected chi connectivity index (χ0v) is 20.8. The van der Waals surface area contributed by atoms with Crippen molar-refractivity contribution in [3.05, 3.63) is 77.9 Å². The summed E-state index contributed by atoms with van der Waals surface area (Å²) < 4.78 is 7.26. The minimum atomic E-state index is -0.0211. The first-order chi connectivity index (χ1) is 18.1. The number of methoxy groups -OCH3 is 1. The van der Waals surface area contributed by atoms with Crippen LogP contribution in [0.15, 0.2) is 66.7 Å². The van der Waals surface area contributed by atoms with Gasteiger partial charge in [0.05, 0.1) is 12.8 Å². The third-order valence-corrected chi connectivity index (χ3v) is 7.33. The number of carbonyl (C=O) groups is 2. The second-order valence-corrected chi connectivity index (χ2v) is 9.77. The van der Waals surface area contributed by atoms with E-state index in [1.807, 2.05) is 65.6 Å². The van der Waals surface area contributed by atoms with Crippen LogP contribution in [0.3, 0.4) is 0 Å². The quantitative estimate of drug-likeness (QED) is 0.416. The predicted molar refractivity (Wildman–Crippen MR) is 141 cm³/mol. The number of likely N-dealkylation sites (tertiary alicyclic amines) is 1. The highest BCUT2D eigenvalue weighted by molar-refractivity contribution is 5.95. The molecule has 2 aromatic carbocycles. The van der Waals surface area contributed by atoms with Crippen molar-refractivity contribution in [2.24, 2.45) is 5.92 Å². The van der Waals surface area contributed by atoms with Gasteiger partial charge in [0.1, 0.15) is 5.75 Å². The number of benzene rings is 2. The van der Waals surface area contributed by atoms with Crippen molar-refractivity contribution < 1.29 is 14.3 Å². The van der Waals surface area contributed by atoms with E-state index in [1.165, 1.54) is 5.56 Å².